The fourth-order valence-corrected chi connectivity index (χ4v) is 1.56. The van der Waals surface area contributed by atoms with Gasteiger partial charge in [0.2, 0.25) is 0 Å². The minimum Gasteiger partial charge on any atom is -0.494 e. The molecule has 1 aromatic carbocycles. The second kappa shape index (κ2) is 5.75. The van der Waals surface area contributed by atoms with Crippen LogP contribution in [0.25, 0.3) is 0 Å². The van der Waals surface area contributed by atoms with E-state index in [1.807, 2.05) is 31.2 Å². The molecular formula is C11H13BrO3. The van der Waals surface area contributed by atoms with Crippen LogP contribution in [0.15, 0.2) is 24.3 Å². The van der Waals surface area contributed by atoms with E-state index in [1.165, 1.54) is 0 Å². The van der Waals surface area contributed by atoms with Gasteiger partial charge < -0.3 is 9.84 Å². The number of hydrogen-bond acceptors (Lipinski definition) is 2. The van der Waals surface area contributed by atoms with Gasteiger partial charge in [0.1, 0.15) is 10.6 Å². The van der Waals surface area contributed by atoms with Crippen molar-refractivity contribution in [3.63, 3.8) is 0 Å². The summed E-state index contributed by atoms with van der Waals surface area (Å²) in [7, 11) is 0. The lowest BCUT2D eigenvalue weighted by Gasteiger charge is -2.06. The lowest BCUT2D eigenvalue weighted by molar-refractivity contribution is -0.136. The van der Waals surface area contributed by atoms with Gasteiger partial charge in [-0.2, -0.15) is 0 Å². The zero-order valence-electron chi connectivity index (χ0n) is 8.44. The third-order valence-electron chi connectivity index (χ3n) is 1.92. The first-order valence-electron chi connectivity index (χ1n) is 4.72. The Morgan fingerprint density at radius 1 is 1.47 bits per heavy atom. The summed E-state index contributed by atoms with van der Waals surface area (Å²) in [5.74, 6) is -0.0356. The van der Waals surface area contributed by atoms with E-state index in [0.717, 1.165) is 11.3 Å². The summed E-state index contributed by atoms with van der Waals surface area (Å²) in [4.78, 5) is 10.1. The van der Waals surface area contributed by atoms with Crippen LogP contribution in [0.3, 0.4) is 0 Å². The van der Waals surface area contributed by atoms with Crippen LogP contribution in [0.1, 0.15) is 12.5 Å². The van der Waals surface area contributed by atoms with E-state index < -0.39 is 10.8 Å². The highest BCUT2D eigenvalue weighted by atomic mass is 79.9. The molecule has 3 nitrogen and oxygen atoms in total. The van der Waals surface area contributed by atoms with Crippen molar-refractivity contribution in [3.05, 3.63) is 29.8 Å². The van der Waals surface area contributed by atoms with Gasteiger partial charge in [-0.15, -0.1) is 0 Å². The molecule has 0 radical (unpaired) electrons. The van der Waals surface area contributed by atoms with Crippen LogP contribution in [-0.4, -0.2) is 22.5 Å². The molecule has 82 valence electrons. The van der Waals surface area contributed by atoms with Gasteiger partial charge in [-0.25, -0.2) is 0 Å². The van der Waals surface area contributed by atoms with E-state index in [2.05, 4.69) is 15.9 Å². The third-order valence-corrected chi connectivity index (χ3v) is 2.63. The van der Waals surface area contributed by atoms with Crippen LogP contribution in [-0.2, 0) is 11.2 Å². The Hall–Kier alpha value is -1.03. The standard InChI is InChI=1S/C11H13BrO3/c1-2-15-9-5-3-8(4-6-9)7-10(12)11(13)14/h3-6,10H,2,7H2,1H3,(H,13,14)/t10-/m1/s1. The van der Waals surface area contributed by atoms with E-state index in [1.54, 1.807) is 0 Å². The Morgan fingerprint density at radius 3 is 2.53 bits per heavy atom. The Morgan fingerprint density at radius 2 is 2.07 bits per heavy atom. The second-order valence-electron chi connectivity index (χ2n) is 3.09. The average molecular weight is 273 g/mol. The fourth-order valence-electron chi connectivity index (χ4n) is 1.18. The van der Waals surface area contributed by atoms with Crippen LogP contribution in [0.2, 0.25) is 0 Å². The molecule has 0 saturated heterocycles. The Kier molecular flexibility index (Phi) is 4.62. The van der Waals surface area contributed by atoms with E-state index >= 15 is 0 Å². The monoisotopic (exact) mass is 272 g/mol. The first-order valence-corrected chi connectivity index (χ1v) is 5.63. The zero-order chi connectivity index (χ0) is 11.3. The summed E-state index contributed by atoms with van der Waals surface area (Å²) in [5.41, 5.74) is 0.975. The molecule has 0 aliphatic carbocycles. The minimum absolute atomic E-state index is 0.474. The maximum absolute atomic E-state index is 10.6. The predicted molar refractivity (Wildman–Crippen MR) is 61.7 cm³/mol. The number of carboxylic acids is 1. The molecule has 0 unspecified atom stereocenters. The predicted octanol–water partition coefficient (Wildman–Crippen LogP) is 2.48. The molecule has 0 heterocycles. The normalized spacial score (nSPS) is 12.1. The van der Waals surface area contributed by atoms with Crippen molar-refractivity contribution >= 4 is 21.9 Å². The summed E-state index contributed by atoms with van der Waals surface area (Å²) >= 11 is 3.10. The molecule has 1 atom stereocenters. The summed E-state index contributed by atoms with van der Waals surface area (Å²) in [6.45, 7) is 2.56. The maximum Gasteiger partial charge on any atom is 0.317 e. The Balaban J connectivity index is 2.60. The first kappa shape index (κ1) is 12.0. The smallest absolute Gasteiger partial charge is 0.317 e. The summed E-state index contributed by atoms with van der Waals surface area (Å²) in [5, 5.41) is 8.71. The molecule has 0 aliphatic heterocycles. The van der Waals surface area contributed by atoms with Crippen molar-refractivity contribution in [1.82, 2.24) is 0 Å². The van der Waals surface area contributed by atoms with Crippen molar-refractivity contribution in [2.24, 2.45) is 0 Å². The van der Waals surface area contributed by atoms with Crippen LogP contribution in [0.5, 0.6) is 5.75 Å². The molecule has 15 heavy (non-hydrogen) atoms. The summed E-state index contributed by atoms with van der Waals surface area (Å²) in [6.07, 6.45) is 0.474. The number of hydrogen-bond donors (Lipinski definition) is 1. The highest BCUT2D eigenvalue weighted by molar-refractivity contribution is 9.10. The van der Waals surface area contributed by atoms with Gasteiger partial charge in [0.15, 0.2) is 0 Å². The van der Waals surface area contributed by atoms with Crippen LogP contribution in [0, 0.1) is 0 Å². The number of carboxylic acid groups (broad SMARTS) is 1. The molecule has 0 fully saturated rings. The number of carbonyl (C=O) groups is 1. The zero-order valence-corrected chi connectivity index (χ0v) is 10.0. The van der Waals surface area contributed by atoms with Crippen LogP contribution in [0.4, 0.5) is 0 Å². The largest absolute Gasteiger partial charge is 0.494 e. The highest BCUT2D eigenvalue weighted by Crippen LogP contribution is 2.15. The quantitative estimate of drug-likeness (QED) is 0.838. The topological polar surface area (TPSA) is 46.5 Å². The lowest BCUT2D eigenvalue weighted by atomic mass is 10.1. The van der Waals surface area contributed by atoms with Gasteiger partial charge in [0.05, 0.1) is 6.61 Å². The molecule has 4 heteroatoms. The van der Waals surface area contributed by atoms with E-state index in [9.17, 15) is 4.79 Å². The van der Waals surface area contributed by atoms with E-state index in [4.69, 9.17) is 9.84 Å². The van der Waals surface area contributed by atoms with Gasteiger partial charge in [0.25, 0.3) is 0 Å². The van der Waals surface area contributed by atoms with E-state index in [-0.39, 0.29) is 0 Å². The first-order chi connectivity index (χ1) is 7.13. The molecule has 0 aliphatic rings. The van der Waals surface area contributed by atoms with Crippen LogP contribution < -0.4 is 4.74 Å². The Labute approximate surface area is 97.2 Å². The van der Waals surface area contributed by atoms with Gasteiger partial charge in [-0.05, 0) is 31.0 Å². The molecule has 0 saturated carbocycles. The van der Waals surface area contributed by atoms with Gasteiger partial charge in [0, 0.05) is 0 Å². The number of ether oxygens (including phenoxy) is 1. The van der Waals surface area contributed by atoms with Crippen molar-refractivity contribution in [2.75, 3.05) is 6.61 Å². The van der Waals surface area contributed by atoms with Crippen molar-refractivity contribution in [1.29, 1.82) is 0 Å². The highest BCUT2D eigenvalue weighted by Gasteiger charge is 2.13. The maximum atomic E-state index is 10.6. The Bertz CT molecular complexity index is 321. The van der Waals surface area contributed by atoms with Gasteiger partial charge >= 0.3 is 5.97 Å². The molecular weight excluding hydrogens is 260 g/mol. The SMILES string of the molecule is CCOc1ccc(C[C@@H](Br)C(=O)O)cc1. The molecule has 0 spiro atoms. The minimum atomic E-state index is -0.844. The molecule has 1 N–H and O–H groups in total. The molecule has 1 rings (SSSR count). The van der Waals surface area contributed by atoms with Crippen molar-refractivity contribution in [2.45, 2.75) is 18.2 Å². The number of benzene rings is 1. The molecule has 0 bridgehead atoms. The van der Waals surface area contributed by atoms with Crippen molar-refractivity contribution in [3.8, 4) is 5.75 Å². The second-order valence-corrected chi connectivity index (χ2v) is 4.19. The number of halogens is 1. The van der Waals surface area contributed by atoms with Crippen LogP contribution >= 0.6 is 15.9 Å². The number of alkyl halides is 1. The lowest BCUT2D eigenvalue weighted by Crippen LogP contribution is -2.15. The van der Waals surface area contributed by atoms with Gasteiger partial charge in [-0.1, -0.05) is 28.1 Å². The summed E-state index contributed by atoms with van der Waals surface area (Å²) < 4.78 is 5.29. The average Bonchev–Trinajstić information content (AvgIpc) is 2.21. The summed E-state index contributed by atoms with van der Waals surface area (Å²) in [6, 6.07) is 7.45. The van der Waals surface area contributed by atoms with Crippen molar-refractivity contribution < 1.29 is 14.6 Å². The number of aliphatic carboxylic acids is 1. The molecule has 0 aromatic heterocycles. The molecule has 1 aromatic rings. The third kappa shape index (κ3) is 3.91. The van der Waals surface area contributed by atoms with E-state index in [0.29, 0.717) is 13.0 Å². The number of rotatable bonds is 5. The fraction of sp³-hybridized carbons (Fsp3) is 0.364. The molecule has 0 amide bonds. The van der Waals surface area contributed by atoms with Gasteiger partial charge in [-0.3, -0.25) is 4.79 Å².